The van der Waals surface area contributed by atoms with Crippen molar-refractivity contribution < 1.29 is 17.6 Å². The maximum atomic E-state index is 14.8. The van der Waals surface area contributed by atoms with Gasteiger partial charge in [0, 0.05) is 40.7 Å². The summed E-state index contributed by atoms with van der Waals surface area (Å²) in [6, 6.07) is 12.1. The van der Waals surface area contributed by atoms with Crippen LogP contribution in [0.5, 0.6) is 0 Å². The second-order valence-electron chi connectivity index (χ2n) is 8.50. The minimum atomic E-state index is -4.04. The maximum Gasteiger partial charge on any atom is 0.262 e. The molecule has 34 heavy (non-hydrogen) atoms. The Morgan fingerprint density at radius 1 is 1.00 bits per heavy atom. The van der Waals surface area contributed by atoms with Gasteiger partial charge in [0.25, 0.3) is 15.9 Å². The van der Waals surface area contributed by atoms with Crippen LogP contribution in [0.2, 0.25) is 0 Å². The van der Waals surface area contributed by atoms with Gasteiger partial charge in [0.2, 0.25) is 0 Å². The Morgan fingerprint density at radius 3 is 2.76 bits per heavy atom. The normalized spacial score (nSPS) is 15.1. The van der Waals surface area contributed by atoms with E-state index in [2.05, 4.69) is 20.2 Å². The predicted molar refractivity (Wildman–Crippen MR) is 126 cm³/mol. The van der Waals surface area contributed by atoms with Crippen molar-refractivity contribution in [3.63, 3.8) is 0 Å². The summed E-state index contributed by atoms with van der Waals surface area (Å²) < 4.78 is 46.0. The predicted octanol–water partition coefficient (Wildman–Crippen LogP) is 4.33. The van der Waals surface area contributed by atoms with E-state index in [1.807, 2.05) is 4.57 Å². The van der Waals surface area contributed by atoms with E-state index >= 15 is 0 Å². The first-order chi connectivity index (χ1) is 16.4. The number of aryl methyl sites for hydroxylation is 1. The lowest BCUT2D eigenvalue weighted by Crippen LogP contribution is -2.14. The summed E-state index contributed by atoms with van der Waals surface area (Å²) in [5, 5.41) is 12.2. The molecule has 0 bridgehead atoms. The van der Waals surface area contributed by atoms with Gasteiger partial charge in [0.15, 0.2) is 5.82 Å². The summed E-state index contributed by atoms with van der Waals surface area (Å²) in [5.74, 6) is 0.440. The lowest BCUT2D eigenvalue weighted by molar-refractivity contribution is 0.103. The molecule has 0 fully saturated rings. The van der Waals surface area contributed by atoms with Gasteiger partial charge in [-0.3, -0.25) is 9.52 Å². The number of hydrogen-bond acceptors (Lipinski definition) is 5. The van der Waals surface area contributed by atoms with Gasteiger partial charge in [-0.2, -0.15) is 0 Å². The molecule has 0 aliphatic carbocycles. The molecule has 0 spiro atoms. The van der Waals surface area contributed by atoms with Crippen LogP contribution in [0.15, 0.2) is 53.4 Å². The Kier molecular flexibility index (Phi) is 4.66. The summed E-state index contributed by atoms with van der Waals surface area (Å²) in [6.07, 6.45) is 3.81. The third kappa shape index (κ3) is 3.25. The van der Waals surface area contributed by atoms with Gasteiger partial charge < -0.3 is 9.88 Å². The second-order valence-corrected chi connectivity index (χ2v) is 10.1. The lowest BCUT2D eigenvalue weighted by Gasteiger charge is -2.13. The van der Waals surface area contributed by atoms with Crippen molar-refractivity contribution in [3.8, 4) is 11.4 Å². The van der Waals surface area contributed by atoms with E-state index in [1.165, 1.54) is 24.3 Å². The van der Waals surface area contributed by atoms with E-state index in [-0.39, 0.29) is 22.1 Å². The van der Waals surface area contributed by atoms with Gasteiger partial charge in [-0.1, -0.05) is 18.6 Å². The highest BCUT2D eigenvalue weighted by molar-refractivity contribution is 7.93. The number of amides is 1. The highest BCUT2D eigenvalue weighted by atomic mass is 32.2. The molecule has 2 aliphatic rings. The summed E-state index contributed by atoms with van der Waals surface area (Å²) in [5.41, 5.74) is 1.41. The van der Waals surface area contributed by atoms with Gasteiger partial charge in [-0.15, -0.1) is 10.2 Å². The zero-order valence-corrected chi connectivity index (χ0v) is 18.8. The number of nitrogens with one attached hydrogen (secondary N) is 2. The number of sulfonamides is 1. The molecule has 0 unspecified atom stereocenters. The number of rotatable bonds is 4. The van der Waals surface area contributed by atoms with Crippen molar-refractivity contribution in [3.05, 3.63) is 65.7 Å². The van der Waals surface area contributed by atoms with E-state index in [1.54, 1.807) is 24.3 Å². The fraction of sp³-hybridized carbons (Fsp3) is 0.208. The quantitative estimate of drug-likeness (QED) is 0.455. The third-order valence-electron chi connectivity index (χ3n) is 6.35. The molecule has 0 radical (unpaired) electrons. The van der Waals surface area contributed by atoms with Crippen molar-refractivity contribution in [2.75, 3.05) is 10.0 Å². The molecule has 0 saturated carbocycles. The summed E-state index contributed by atoms with van der Waals surface area (Å²) in [7, 11) is -4.04. The molecule has 8 nitrogen and oxygen atoms in total. The van der Waals surface area contributed by atoms with Crippen molar-refractivity contribution in [1.29, 1.82) is 0 Å². The molecule has 3 heterocycles. The number of aromatic nitrogens is 3. The van der Waals surface area contributed by atoms with E-state index in [4.69, 9.17) is 0 Å². The fourth-order valence-electron chi connectivity index (χ4n) is 4.75. The minimum absolute atomic E-state index is 0.0341. The van der Waals surface area contributed by atoms with Crippen LogP contribution >= 0.6 is 0 Å². The van der Waals surface area contributed by atoms with E-state index in [9.17, 15) is 17.6 Å². The summed E-state index contributed by atoms with van der Waals surface area (Å²) in [4.78, 5) is 12.2. The number of carbonyl (C=O) groups excluding carboxylic acids is 1. The van der Waals surface area contributed by atoms with Gasteiger partial charge in [0.05, 0.1) is 10.5 Å². The number of anilines is 2. The SMILES string of the molecule is O=C1Nc2ccc(S(=O)(=O)Nc3ccc(F)c(-c4nnc5n4CCCCC5)c3)c3cccc1c23. The van der Waals surface area contributed by atoms with Crippen molar-refractivity contribution in [2.24, 2.45) is 0 Å². The standard InChI is InChI=1S/C24H20FN5O3S/c25-18-9-8-14(13-17(18)23-28-27-21-7-2-1-3-12-30(21)23)29-34(32,33)20-11-10-19-22-15(20)5-4-6-16(22)24(31)26-19/h4-6,8-11,13,29H,1-3,7,12H2,(H,26,31). The number of carbonyl (C=O) groups is 1. The molecule has 4 aromatic rings. The van der Waals surface area contributed by atoms with E-state index in [0.717, 1.165) is 31.5 Å². The molecule has 1 amide bonds. The molecule has 0 atom stereocenters. The number of halogens is 1. The third-order valence-corrected chi connectivity index (χ3v) is 7.79. The monoisotopic (exact) mass is 477 g/mol. The Hall–Kier alpha value is -3.79. The Labute approximate surface area is 194 Å². The van der Waals surface area contributed by atoms with Crippen molar-refractivity contribution in [1.82, 2.24) is 14.8 Å². The molecule has 2 aliphatic heterocycles. The lowest BCUT2D eigenvalue weighted by atomic mass is 10.1. The van der Waals surface area contributed by atoms with Crippen LogP contribution in [0.3, 0.4) is 0 Å². The van der Waals surface area contributed by atoms with Crippen molar-refractivity contribution in [2.45, 2.75) is 37.1 Å². The molecular formula is C24H20FN5O3S. The number of hydrogen-bond donors (Lipinski definition) is 2. The second kappa shape index (κ2) is 7.63. The van der Waals surface area contributed by atoms with Gasteiger partial charge in [-0.25, -0.2) is 12.8 Å². The fourth-order valence-corrected chi connectivity index (χ4v) is 6.01. The molecule has 10 heteroatoms. The summed E-state index contributed by atoms with van der Waals surface area (Å²) in [6.45, 7) is 0.695. The molecule has 2 N–H and O–H groups in total. The summed E-state index contributed by atoms with van der Waals surface area (Å²) >= 11 is 0. The average Bonchev–Trinajstić information content (AvgIpc) is 3.27. The molecular weight excluding hydrogens is 457 g/mol. The smallest absolute Gasteiger partial charge is 0.262 e. The van der Waals surface area contributed by atoms with Crippen LogP contribution in [-0.2, 0) is 23.0 Å². The molecule has 0 saturated heterocycles. The molecule has 1 aromatic heterocycles. The van der Waals surface area contributed by atoms with Crippen LogP contribution in [0.4, 0.5) is 15.8 Å². The zero-order chi connectivity index (χ0) is 23.4. The van der Waals surface area contributed by atoms with Crippen LogP contribution in [0.1, 0.15) is 35.4 Å². The zero-order valence-electron chi connectivity index (χ0n) is 18.0. The van der Waals surface area contributed by atoms with E-state index < -0.39 is 15.8 Å². The van der Waals surface area contributed by atoms with Gasteiger partial charge in [0.1, 0.15) is 11.6 Å². The first-order valence-corrected chi connectivity index (χ1v) is 12.5. The minimum Gasteiger partial charge on any atom is -0.321 e. The van der Waals surface area contributed by atoms with Gasteiger partial charge in [-0.05, 0) is 49.2 Å². The molecule has 3 aromatic carbocycles. The molecule has 172 valence electrons. The van der Waals surface area contributed by atoms with Crippen LogP contribution in [0, 0.1) is 5.82 Å². The maximum absolute atomic E-state index is 14.8. The Bertz CT molecular complexity index is 1600. The van der Waals surface area contributed by atoms with E-state index in [0.29, 0.717) is 34.4 Å². The topological polar surface area (TPSA) is 106 Å². The highest BCUT2D eigenvalue weighted by Crippen LogP contribution is 2.37. The highest BCUT2D eigenvalue weighted by Gasteiger charge is 2.27. The van der Waals surface area contributed by atoms with Crippen molar-refractivity contribution >= 4 is 38.1 Å². The largest absolute Gasteiger partial charge is 0.321 e. The first-order valence-electron chi connectivity index (χ1n) is 11.0. The van der Waals surface area contributed by atoms with Crippen LogP contribution < -0.4 is 10.0 Å². The number of nitrogens with zero attached hydrogens (tertiary/aromatic N) is 3. The van der Waals surface area contributed by atoms with Crippen LogP contribution in [-0.4, -0.2) is 29.1 Å². The van der Waals surface area contributed by atoms with Gasteiger partial charge >= 0.3 is 0 Å². The van der Waals surface area contributed by atoms with Crippen LogP contribution in [0.25, 0.3) is 22.2 Å². The molecule has 6 rings (SSSR count). The number of fused-ring (bicyclic) bond motifs is 1. The average molecular weight is 478 g/mol. The first kappa shape index (κ1) is 20.8. The number of benzene rings is 3. The Morgan fingerprint density at radius 2 is 1.88 bits per heavy atom. The Balaban J connectivity index is 1.40.